The third-order valence-electron chi connectivity index (χ3n) is 14.8. The molecular formula is C60H65N9O13S2. The Kier molecular flexibility index (Phi) is 17.8. The van der Waals surface area contributed by atoms with Crippen molar-refractivity contribution in [2.45, 2.75) is 83.2 Å². The van der Waals surface area contributed by atoms with Gasteiger partial charge in [0.2, 0.25) is 17.4 Å². The van der Waals surface area contributed by atoms with E-state index in [9.17, 15) is 45.4 Å². The highest BCUT2D eigenvalue weighted by Gasteiger charge is 2.44. The molecule has 1 atom stereocenters. The van der Waals surface area contributed by atoms with Crippen molar-refractivity contribution in [3.05, 3.63) is 189 Å². The lowest BCUT2D eigenvalue weighted by molar-refractivity contribution is -0.438. The number of carbonyl (C=O) groups is 2. The molecule has 0 saturated carbocycles. The van der Waals surface area contributed by atoms with Crippen molar-refractivity contribution in [3.8, 4) is 5.75 Å². The number of rotatable bonds is 23. The molecule has 0 bridgehead atoms. The number of benzene rings is 4. The highest BCUT2D eigenvalue weighted by Crippen LogP contribution is 2.48. The van der Waals surface area contributed by atoms with E-state index in [4.69, 9.17) is 19.9 Å². The standard InChI is InChI=1S/C60H65N9O13S2/c1-59(2)43-13-5-7-15-46(43)68(29-9-11-33-83(74,75)76)50(59)27-25-48-53(49(81-32-31-80-48)26-28-51-60(3,4)44-14-6-8-16-47(44)69(51)30-10-12-34-84(77,78)79)82-42-23-17-38(18-24-42)35-45(57(72)73)65-55(70)39-19-21-40(22-20-39)62-36-41-37-63-54-52(64-41)56(71)67-58(61)66-54/h5-8,13-28,37,45H,9-12,29-36H2,1-4H3,(H7-,61,62,63,65,66,67,70,71,72,73,74,75,76,77,78,79)/t45-/m0/s1. The van der Waals surface area contributed by atoms with Gasteiger partial charge in [0.1, 0.15) is 31.5 Å². The number of aliphatic carboxylic acids is 1. The van der Waals surface area contributed by atoms with Crippen LogP contribution in [0.15, 0.2) is 155 Å². The van der Waals surface area contributed by atoms with Crippen LogP contribution in [-0.2, 0) is 58.3 Å². The van der Waals surface area contributed by atoms with Gasteiger partial charge in [0.25, 0.3) is 21.6 Å². The van der Waals surface area contributed by atoms with Gasteiger partial charge in [0, 0.05) is 70.9 Å². The first-order valence-electron chi connectivity index (χ1n) is 27.2. The van der Waals surface area contributed by atoms with Gasteiger partial charge in [-0.1, -0.05) is 62.4 Å². The van der Waals surface area contributed by atoms with Crippen LogP contribution in [0.4, 0.5) is 23.0 Å². The number of unbranched alkanes of at least 4 members (excludes halogenated alkanes) is 2. The Labute approximate surface area is 486 Å². The first kappa shape index (κ1) is 59.9. The number of amides is 1. The topological polar surface area (TPSA) is 321 Å². The number of ether oxygens (including phenoxy) is 3. The number of H-pyrrole nitrogens is 1. The van der Waals surface area contributed by atoms with E-state index in [1.54, 1.807) is 54.6 Å². The molecule has 24 heteroatoms. The molecule has 7 N–H and O–H groups in total. The van der Waals surface area contributed by atoms with E-state index in [0.717, 1.165) is 33.9 Å². The minimum atomic E-state index is -4.40. The van der Waals surface area contributed by atoms with Gasteiger partial charge >= 0.3 is 5.97 Å². The minimum Gasteiger partial charge on any atom is -0.748 e. The summed E-state index contributed by atoms with van der Waals surface area (Å²) in [4.78, 5) is 55.4. The van der Waals surface area contributed by atoms with Crippen molar-refractivity contribution in [2.75, 3.05) is 53.8 Å². The van der Waals surface area contributed by atoms with Crippen LogP contribution >= 0.6 is 0 Å². The van der Waals surface area contributed by atoms with E-state index >= 15 is 0 Å². The Morgan fingerprint density at radius 3 is 2.30 bits per heavy atom. The fourth-order valence-corrected chi connectivity index (χ4v) is 11.7. The van der Waals surface area contributed by atoms with Crippen LogP contribution in [-0.4, -0.2) is 117 Å². The van der Waals surface area contributed by atoms with Gasteiger partial charge in [0.05, 0.1) is 39.7 Å². The summed E-state index contributed by atoms with van der Waals surface area (Å²) in [6, 6.07) is 27.7. The van der Waals surface area contributed by atoms with Crippen LogP contribution in [0.3, 0.4) is 0 Å². The van der Waals surface area contributed by atoms with Gasteiger partial charge < -0.3 is 45.1 Å². The zero-order valence-corrected chi connectivity index (χ0v) is 48.3. The van der Waals surface area contributed by atoms with E-state index in [2.05, 4.69) is 73.8 Å². The fourth-order valence-electron chi connectivity index (χ4n) is 10.6. The van der Waals surface area contributed by atoms with Crippen LogP contribution in [0.2, 0.25) is 0 Å². The third kappa shape index (κ3) is 14.2. The number of hydrogen-bond donors (Lipinski definition) is 6. The number of carboxylic acids is 1. The molecule has 2 aromatic heterocycles. The molecule has 1 amide bonds. The van der Waals surface area contributed by atoms with Crippen LogP contribution in [0.25, 0.3) is 11.2 Å². The Bertz CT molecular complexity index is 3950. The average Bonchev–Trinajstić information content (AvgIpc) is 2.96. The Morgan fingerprint density at radius 1 is 0.869 bits per heavy atom. The first-order chi connectivity index (χ1) is 39.9. The van der Waals surface area contributed by atoms with E-state index in [1.807, 2.05) is 60.7 Å². The SMILES string of the molecule is CC1(C)C(/C=C/C2=C(Oc3ccc(C[C@H](NC(=O)c4ccc(NCc5cnc6nc(N)[nH]c(=O)c6n5)cc4)C(=O)O)cc3)C(=C/C=C3/N(CCCCS(=O)(=O)[O-])c4ccccc4C3(C)C)/OCCO2)=[N+](CCCCS(=O)(=O)O)c2ccccc21. The molecule has 84 heavy (non-hydrogen) atoms. The number of anilines is 3. The number of carbonyl (C=O) groups excluding carboxylic acids is 1. The lowest BCUT2D eigenvalue weighted by Gasteiger charge is -2.27. The molecule has 0 aliphatic carbocycles. The smallest absolute Gasteiger partial charge is 0.326 e. The molecule has 0 radical (unpaired) electrons. The molecule has 0 spiro atoms. The minimum absolute atomic E-state index is 0.0356. The lowest BCUT2D eigenvalue weighted by Crippen LogP contribution is -2.42. The molecule has 6 aromatic rings. The number of nitrogen functional groups attached to an aromatic ring is 1. The number of nitrogens with two attached hydrogens (primary N) is 1. The lowest BCUT2D eigenvalue weighted by atomic mass is 9.81. The van der Waals surface area contributed by atoms with E-state index in [-0.39, 0.29) is 73.2 Å². The van der Waals surface area contributed by atoms with E-state index < -0.39 is 60.3 Å². The summed E-state index contributed by atoms with van der Waals surface area (Å²) >= 11 is 0. The summed E-state index contributed by atoms with van der Waals surface area (Å²) in [5.74, 6) is -1.59. The summed E-state index contributed by atoms with van der Waals surface area (Å²) in [5, 5.41) is 16.1. The number of allylic oxidation sites excluding steroid dienone is 5. The zero-order valence-electron chi connectivity index (χ0n) is 46.7. The second-order valence-electron chi connectivity index (χ2n) is 21.5. The maximum Gasteiger partial charge on any atom is 0.326 e. The molecule has 0 saturated heterocycles. The average molecular weight is 1180 g/mol. The predicted molar refractivity (Wildman–Crippen MR) is 316 cm³/mol. The van der Waals surface area contributed by atoms with Crippen molar-refractivity contribution < 1.29 is 59.4 Å². The molecule has 22 nitrogen and oxygen atoms in total. The molecule has 0 fully saturated rings. The normalized spacial score (nSPS) is 17.0. The molecule has 0 unspecified atom stereocenters. The van der Waals surface area contributed by atoms with Gasteiger partial charge in [-0.15, -0.1) is 0 Å². The summed E-state index contributed by atoms with van der Waals surface area (Å²) < 4.78 is 89.1. The van der Waals surface area contributed by atoms with Crippen molar-refractivity contribution in [1.29, 1.82) is 0 Å². The van der Waals surface area contributed by atoms with Crippen molar-refractivity contribution in [1.82, 2.24) is 25.3 Å². The summed E-state index contributed by atoms with van der Waals surface area (Å²) in [6.45, 7) is 9.73. The van der Waals surface area contributed by atoms with Crippen LogP contribution in [0.1, 0.15) is 86.1 Å². The Balaban J connectivity index is 0.985. The number of nitrogens with one attached hydrogen (secondary N) is 3. The van der Waals surface area contributed by atoms with Crippen molar-refractivity contribution in [3.63, 3.8) is 0 Å². The Hall–Kier alpha value is -8.71. The number of aromatic amines is 1. The van der Waals surface area contributed by atoms with Crippen LogP contribution < -0.4 is 31.6 Å². The zero-order chi connectivity index (χ0) is 60.0. The van der Waals surface area contributed by atoms with E-state index in [0.29, 0.717) is 60.1 Å². The van der Waals surface area contributed by atoms with Crippen LogP contribution in [0.5, 0.6) is 5.75 Å². The Morgan fingerprint density at radius 2 is 1.57 bits per heavy atom. The van der Waals surface area contributed by atoms with E-state index in [1.165, 1.54) is 6.20 Å². The molecular weight excluding hydrogens is 1120 g/mol. The number of fused-ring (bicyclic) bond motifs is 3. The summed E-state index contributed by atoms with van der Waals surface area (Å²) in [5.41, 5.74) is 11.8. The maximum absolute atomic E-state index is 13.5. The predicted octanol–water partition coefficient (Wildman–Crippen LogP) is 7.16. The number of aromatic nitrogens is 4. The number of para-hydroxylation sites is 2. The molecule has 9 rings (SSSR count). The monoisotopic (exact) mass is 1180 g/mol. The van der Waals surface area contributed by atoms with Crippen molar-refractivity contribution in [2.24, 2.45) is 0 Å². The van der Waals surface area contributed by atoms with Crippen LogP contribution in [0, 0.1) is 0 Å². The number of nitrogens with zero attached hydrogens (tertiary/aromatic N) is 5. The maximum atomic E-state index is 13.5. The molecule has 3 aliphatic heterocycles. The molecule has 440 valence electrons. The highest BCUT2D eigenvalue weighted by molar-refractivity contribution is 7.85. The second-order valence-corrected chi connectivity index (χ2v) is 24.6. The van der Waals surface area contributed by atoms with Gasteiger partial charge in [0.15, 0.2) is 28.4 Å². The third-order valence-corrected chi connectivity index (χ3v) is 16.4. The molecule has 4 aromatic carbocycles. The largest absolute Gasteiger partial charge is 0.748 e. The quantitative estimate of drug-likeness (QED) is 0.0210. The second kappa shape index (κ2) is 25.0. The highest BCUT2D eigenvalue weighted by atomic mass is 32.2. The molecule has 3 aliphatic rings. The molecule has 5 heterocycles. The fraction of sp³-hybridized carbons (Fsp3) is 0.317. The van der Waals surface area contributed by atoms with Gasteiger partial charge in [-0.25, -0.2) is 23.2 Å². The number of hydrogen-bond acceptors (Lipinski definition) is 17. The summed E-state index contributed by atoms with van der Waals surface area (Å²) in [7, 11) is -8.54. The first-order valence-corrected chi connectivity index (χ1v) is 30.4. The van der Waals surface area contributed by atoms with Gasteiger partial charge in [-0.3, -0.25) is 19.1 Å². The summed E-state index contributed by atoms with van der Waals surface area (Å²) in [6.07, 6.45) is 10.2. The number of carboxylic acid groups (broad SMARTS) is 1. The van der Waals surface area contributed by atoms with Gasteiger partial charge in [-0.2, -0.15) is 18.0 Å². The van der Waals surface area contributed by atoms with Gasteiger partial charge in [-0.05, 0) is 105 Å². The van der Waals surface area contributed by atoms with Crippen molar-refractivity contribution >= 4 is 72.0 Å².